The molecule has 9 nitrogen and oxygen atoms in total. The van der Waals surface area contributed by atoms with Crippen LogP contribution in [-0.2, 0) is 42.7 Å². The van der Waals surface area contributed by atoms with Gasteiger partial charge in [-0.2, -0.15) is 0 Å². The van der Waals surface area contributed by atoms with Crippen molar-refractivity contribution in [2.24, 2.45) is 11.8 Å². The highest BCUT2D eigenvalue weighted by Crippen LogP contribution is 2.54. The molecular weight excluding hydrogens is 674 g/mol. The molecule has 4 aromatic rings. The molecule has 0 radical (unpaired) electrons. The van der Waals surface area contributed by atoms with Gasteiger partial charge in [0.25, 0.3) is 0 Å². The number of carbonyl (C=O) groups is 2. The van der Waals surface area contributed by atoms with Gasteiger partial charge < -0.3 is 25.2 Å². The van der Waals surface area contributed by atoms with Crippen LogP contribution in [0, 0.1) is 11.8 Å². The number of piperidine rings is 2. The van der Waals surface area contributed by atoms with E-state index >= 15 is 0 Å². The average Bonchev–Trinajstić information content (AvgIpc) is 3.67. The van der Waals surface area contributed by atoms with Crippen molar-refractivity contribution in [1.29, 1.82) is 0 Å². The second kappa shape index (κ2) is 12.3. The number of ether oxygens (including phenoxy) is 2. The predicted molar refractivity (Wildman–Crippen MR) is 204 cm³/mol. The predicted octanol–water partition coefficient (Wildman–Crippen LogP) is 6.59. The van der Waals surface area contributed by atoms with Gasteiger partial charge in [-0.15, -0.1) is 0 Å². The van der Waals surface area contributed by atoms with Gasteiger partial charge in [0.05, 0.1) is 26.3 Å². The number of anilines is 1. The van der Waals surface area contributed by atoms with Crippen LogP contribution in [0.3, 0.4) is 0 Å². The van der Waals surface area contributed by atoms with Gasteiger partial charge in [0.1, 0.15) is 10.8 Å². The molecule has 2 aromatic heterocycles. The number of aromatic amines is 2. The first-order valence-corrected chi connectivity index (χ1v) is 19.3. The first-order chi connectivity index (χ1) is 25.2. The number of hydrogen-bond donors (Lipinski definition) is 3. The molecule has 6 aliphatic heterocycles. The lowest BCUT2D eigenvalue weighted by Gasteiger charge is -2.53. The van der Waals surface area contributed by atoms with Crippen LogP contribution in [0.4, 0.5) is 5.69 Å². The monoisotopic (exact) mass is 721 g/mol. The minimum absolute atomic E-state index is 0.0923. The number of methoxy groups -OCH3 is 2. The number of esters is 2. The minimum atomic E-state index is -0.644. The Morgan fingerprint density at radius 3 is 1.75 bits per heavy atom. The zero-order chi connectivity index (χ0) is 36.1. The van der Waals surface area contributed by atoms with E-state index in [-0.39, 0.29) is 24.0 Å². The van der Waals surface area contributed by atoms with Crippen molar-refractivity contribution < 1.29 is 19.1 Å². The number of nitrogens with one attached hydrogen (secondary N) is 2. The Kier molecular flexibility index (Phi) is 7.96. The number of benzene rings is 2. The summed E-state index contributed by atoms with van der Waals surface area (Å²) in [7, 11) is 3.04. The maximum absolute atomic E-state index is 13.3. The Hall–Kier alpha value is -4.05. The molecular formula is C42H48ClN5O4. The van der Waals surface area contributed by atoms with E-state index in [0.29, 0.717) is 11.8 Å². The number of halogens is 1. The van der Waals surface area contributed by atoms with E-state index in [0.717, 1.165) is 109 Å². The lowest BCUT2D eigenvalue weighted by molar-refractivity contribution is -0.154. The van der Waals surface area contributed by atoms with Gasteiger partial charge in [0.15, 0.2) is 0 Å². The van der Waals surface area contributed by atoms with E-state index in [9.17, 15) is 9.59 Å². The number of nitrogens with two attached hydrogens (primary N) is 1. The molecule has 10 heteroatoms. The van der Waals surface area contributed by atoms with E-state index in [4.69, 9.17) is 26.8 Å². The first kappa shape index (κ1) is 33.8. The quantitative estimate of drug-likeness (QED) is 0.124. The number of aromatic nitrogens is 2. The maximum atomic E-state index is 13.3. The van der Waals surface area contributed by atoms with Crippen LogP contribution in [0.15, 0.2) is 59.7 Å². The molecule has 8 heterocycles. The Bertz CT molecular complexity index is 2050. The molecule has 0 amide bonds. The standard InChI is InChI=1S/C21H23ClN2O2.C21H25N3O2/c2*1-3-13-8-12-10-21(20(25)26-2)18-15(6-7-24(11-12)19(13)21)16-9-14(22)4-5-17(16)23-18/h4-5,8-9,12,19,23H,3,6-7,10-11H2,1-2H3;4-5,8-9,12,19,23H,3,6-7,10-11,22H2,1-2H3. The van der Waals surface area contributed by atoms with Crippen LogP contribution in [0.5, 0.6) is 0 Å². The molecule has 8 unspecified atom stereocenters. The molecule has 2 fully saturated rings. The lowest BCUT2D eigenvalue weighted by Crippen LogP contribution is -2.63. The van der Waals surface area contributed by atoms with Crippen LogP contribution >= 0.6 is 11.6 Å². The SMILES string of the molecule is CCC1=CC2CN3CCc4c([nH]c5ccc(Cl)cc45)C(C(=O)OC)(C2)C13.CCC1=CC2CN3CCc4c([nH]c5ccc(N)cc45)C(C(=O)OC)(C2)C13. The summed E-state index contributed by atoms with van der Waals surface area (Å²) in [5.74, 6) is 0.572. The smallest absolute Gasteiger partial charge is 0.319 e. The lowest BCUT2D eigenvalue weighted by atomic mass is 9.60. The molecule has 8 aliphatic rings. The van der Waals surface area contributed by atoms with E-state index in [1.807, 2.05) is 36.4 Å². The summed E-state index contributed by atoms with van der Waals surface area (Å²) < 4.78 is 10.8. The molecule has 8 bridgehead atoms. The third-order valence-corrected chi connectivity index (χ3v) is 13.5. The summed E-state index contributed by atoms with van der Waals surface area (Å²) in [5, 5.41) is 3.02. The van der Waals surface area contributed by atoms with E-state index in [1.54, 1.807) is 0 Å². The summed E-state index contributed by atoms with van der Waals surface area (Å²) in [6.45, 7) is 8.39. The topological polar surface area (TPSA) is 117 Å². The minimum Gasteiger partial charge on any atom is -0.468 e. The Morgan fingerprint density at radius 1 is 0.788 bits per heavy atom. The van der Waals surface area contributed by atoms with Crippen LogP contribution in [-0.4, -0.2) is 84.2 Å². The number of rotatable bonds is 4. The largest absolute Gasteiger partial charge is 0.468 e. The van der Waals surface area contributed by atoms with Gasteiger partial charge >= 0.3 is 11.9 Å². The van der Waals surface area contributed by atoms with Crippen molar-refractivity contribution in [3.05, 3.63) is 87.2 Å². The van der Waals surface area contributed by atoms with E-state index in [2.05, 4.69) is 45.8 Å². The van der Waals surface area contributed by atoms with Crippen molar-refractivity contribution in [1.82, 2.24) is 19.8 Å². The fourth-order valence-corrected chi connectivity index (χ4v) is 11.7. The van der Waals surface area contributed by atoms with Gasteiger partial charge in [0, 0.05) is 70.1 Å². The Labute approximate surface area is 309 Å². The Balaban J connectivity index is 0.000000138. The molecule has 4 N–H and O–H groups in total. The van der Waals surface area contributed by atoms with Gasteiger partial charge in [0.2, 0.25) is 0 Å². The fraction of sp³-hybridized carbons (Fsp3) is 0.476. The van der Waals surface area contributed by atoms with Crippen molar-refractivity contribution in [3.63, 3.8) is 0 Å². The number of nitrogens with zero attached hydrogens (tertiary/aromatic N) is 2. The van der Waals surface area contributed by atoms with Crippen LogP contribution < -0.4 is 5.73 Å². The molecule has 8 atom stereocenters. The number of H-pyrrole nitrogens is 2. The molecule has 2 aliphatic carbocycles. The van der Waals surface area contributed by atoms with Crippen molar-refractivity contribution in [2.75, 3.05) is 46.1 Å². The first-order valence-electron chi connectivity index (χ1n) is 18.9. The summed E-state index contributed by atoms with van der Waals surface area (Å²) in [6.07, 6.45) is 10.3. The number of nitrogen functional groups attached to an aromatic ring is 1. The summed E-state index contributed by atoms with van der Waals surface area (Å²) in [6, 6.07) is 12.1. The normalized spacial score (nSPS) is 32.1. The number of hydrogen-bond acceptors (Lipinski definition) is 7. The highest BCUT2D eigenvalue weighted by Gasteiger charge is 2.62. The molecule has 2 saturated heterocycles. The van der Waals surface area contributed by atoms with E-state index in [1.165, 1.54) is 36.5 Å². The van der Waals surface area contributed by atoms with Gasteiger partial charge in [-0.25, -0.2) is 0 Å². The van der Waals surface area contributed by atoms with Crippen LogP contribution in [0.1, 0.15) is 62.0 Å². The van der Waals surface area contributed by atoms with Crippen LogP contribution in [0.2, 0.25) is 5.02 Å². The number of carbonyl (C=O) groups excluding carboxylic acids is 2. The Morgan fingerprint density at radius 2 is 1.27 bits per heavy atom. The highest BCUT2D eigenvalue weighted by atomic mass is 35.5. The second-order valence-electron chi connectivity index (χ2n) is 15.8. The zero-order valence-corrected chi connectivity index (χ0v) is 31.2. The summed E-state index contributed by atoms with van der Waals surface area (Å²) in [5.41, 5.74) is 15.0. The van der Waals surface area contributed by atoms with E-state index < -0.39 is 10.8 Å². The van der Waals surface area contributed by atoms with Gasteiger partial charge in [-0.05, 0) is 97.9 Å². The maximum Gasteiger partial charge on any atom is 0.319 e. The summed E-state index contributed by atoms with van der Waals surface area (Å²) in [4.78, 5) is 38.8. The molecule has 2 aromatic carbocycles. The highest BCUT2D eigenvalue weighted by molar-refractivity contribution is 6.31. The van der Waals surface area contributed by atoms with Crippen LogP contribution in [0.25, 0.3) is 21.8 Å². The summed E-state index contributed by atoms with van der Waals surface area (Å²) >= 11 is 6.28. The van der Waals surface area contributed by atoms with Gasteiger partial charge in [-0.3, -0.25) is 19.4 Å². The average molecular weight is 722 g/mol. The third-order valence-electron chi connectivity index (χ3n) is 13.3. The zero-order valence-electron chi connectivity index (χ0n) is 30.5. The molecule has 52 heavy (non-hydrogen) atoms. The molecule has 12 rings (SSSR count). The van der Waals surface area contributed by atoms with Crippen molar-refractivity contribution in [3.8, 4) is 0 Å². The molecule has 272 valence electrons. The molecule has 0 saturated carbocycles. The van der Waals surface area contributed by atoms with Crippen molar-refractivity contribution in [2.45, 2.75) is 75.3 Å². The third kappa shape index (κ3) is 4.61. The van der Waals surface area contributed by atoms with Gasteiger partial charge in [-0.1, -0.05) is 48.7 Å². The van der Waals surface area contributed by atoms with Crippen molar-refractivity contribution >= 4 is 51.0 Å². The molecule has 0 spiro atoms. The second-order valence-corrected chi connectivity index (χ2v) is 16.2. The number of fused-ring (bicyclic) bond motifs is 6. The fourth-order valence-electron chi connectivity index (χ4n) is 11.5.